The molecule has 1 amide bonds. The van der Waals surface area contributed by atoms with Crippen LogP contribution in [0.15, 0.2) is 29.0 Å². The molecule has 2 aromatic heterocycles. The first kappa shape index (κ1) is 12.8. The number of pyridine rings is 1. The Hall–Kier alpha value is -1.69. The topological polar surface area (TPSA) is 59.8 Å². The number of amides is 1. The highest BCUT2D eigenvalue weighted by Crippen LogP contribution is 2.07. The molecule has 2 heterocycles. The van der Waals surface area contributed by atoms with E-state index < -0.39 is 0 Å². The SMILES string of the molecule is Cc1nn(C)cc1CNC(=O)c1cccc(Br)n1. The van der Waals surface area contributed by atoms with E-state index in [-0.39, 0.29) is 5.91 Å². The van der Waals surface area contributed by atoms with E-state index in [1.807, 2.05) is 20.2 Å². The summed E-state index contributed by atoms with van der Waals surface area (Å²) in [5, 5.41) is 7.04. The third-order valence-corrected chi connectivity index (χ3v) is 2.94. The van der Waals surface area contributed by atoms with Crippen LogP contribution < -0.4 is 5.32 Å². The van der Waals surface area contributed by atoms with E-state index in [0.717, 1.165) is 11.3 Å². The summed E-state index contributed by atoms with van der Waals surface area (Å²) in [6.45, 7) is 2.37. The van der Waals surface area contributed by atoms with Gasteiger partial charge in [0, 0.05) is 25.4 Å². The first-order chi connectivity index (χ1) is 8.56. The molecule has 0 radical (unpaired) electrons. The van der Waals surface area contributed by atoms with E-state index >= 15 is 0 Å². The molecule has 0 aliphatic heterocycles. The van der Waals surface area contributed by atoms with Crippen LogP contribution in [0.1, 0.15) is 21.7 Å². The van der Waals surface area contributed by atoms with Crippen LogP contribution in [-0.4, -0.2) is 20.7 Å². The van der Waals surface area contributed by atoms with Crippen molar-refractivity contribution in [3.8, 4) is 0 Å². The van der Waals surface area contributed by atoms with E-state index in [9.17, 15) is 4.79 Å². The van der Waals surface area contributed by atoms with Crippen LogP contribution in [0.2, 0.25) is 0 Å². The smallest absolute Gasteiger partial charge is 0.270 e. The zero-order valence-electron chi connectivity index (χ0n) is 10.1. The molecule has 94 valence electrons. The number of aromatic nitrogens is 3. The number of nitrogens with zero attached hydrogens (tertiary/aromatic N) is 3. The Bertz CT molecular complexity index is 579. The number of hydrogen-bond donors (Lipinski definition) is 1. The summed E-state index contributed by atoms with van der Waals surface area (Å²) in [6.07, 6.45) is 1.89. The predicted octanol–water partition coefficient (Wildman–Crippen LogP) is 1.82. The van der Waals surface area contributed by atoms with Crippen molar-refractivity contribution in [1.29, 1.82) is 0 Å². The first-order valence-electron chi connectivity index (χ1n) is 5.46. The molecule has 0 aliphatic carbocycles. The molecule has 0 unspecified atom stereocenters. The van der Waals surface area contributed by atoms with Crippen LogP contribution in [0.5, 0.6) is 0 Å². The third kappa shape index (κ3) is 2.95. The summed E-state index contributed by atoms with van der Waals surface area (Å²) in [5.41, 5.74) is 2.31. The number of hydrogen-bond acceptors (Lipinski definition) is 3. The van der Waals surface area contributed by atoms with Crippen LogP contribution in [0.4, 0.5) is 0 Å². The molecule has 18 heavy (non-hydrogen) atoms. The summed E-state index contributed by atoms with van der Waals surface area (Å²) >= 11 is 3.24. The Kier molecular flexibility index (Phi) is 3.76. The Morgan fingerprint density at radius 1 is 1.50 bits per heavy atom. The van der Waals surface area contributed by atoms with Crippen molar-refractivity contribution >= 4 is 21.8 Å². The molecule has 0 fully saturated rings. The average Bonchev–Trinajstić information content (AvgIpc) is 2.65. The van der Waals surface area contributed by atoms with Gasteiger partial charge in [-0.05, 0) is 35.0 Å². The lowest BCUT2D eigenvalue weighted by Gasteiger charge is -2.03. The highest BCUT2D eigenvalue weighted by molar-refractivity contribution is 9.10. The minimum atomic E-state index is -0.195. The van der Waals surface area contributed by atoms with Gasteiger partial charge in [0.1, 0.15) is 10.3 Å². The van der Waals surface area contributed by atoms with Crippen molar-refractivity contribution in [2.45, 2.75) is 13.5 Å². The van der Waals surface area contributed by atoms with Gasteiger partial charge >= 0.3 is 0 Å². The van der Waals surface area contributed by atoms with Crippen molar-refractivity contribution in [3.63, 3.8) is 0 Å². The van der Waals surface area contributed by atoms with Gasteiger partial charge in [-0.25, -0.2) is 4.98 Å². The van der Waals surface area contributed by atoms with Gasteiger partial charge < -0.3 is 5.32 Å². The normalized spacial score (nSPS) is 10.4. The second-order valence-corrected chi connectivity index (χ2v) is 4.75. The predicted molar refractivity (Wildman–Crippen MR) is 71.1 cm³/mol. The van der Waals surface area contributed by atoms with Crippen molar-refractivity contribution in [2.24, 2.45) is 7.05 Å². The van der Waals surface area contributed by atoms with Gasteiger partial charge in [-0.2, -0.15) is 5.10 Å². The number of rotatable bonds is 3. The minimum Gasteiger partial charge on any atom is -0.346 e. The summed E-state index contributed by atoms with van der Waals surface area (Å²) < 4.78 is 2.38. The lowest BCUT2D eigenvalue weighted by atomic mass is 10.2. The lowest BCUT2D eigenvalue weighted by Crippen LogP contribution is -2.23. The van der Waals surface area contributed by atoms with Crippen molar-refractivity contribution in [2.75, 3.05) is 0 Å². The van der Waals surface area contributed by atoms with Crippen LogP contribution in [-0.2, 0) is 13.6 Å². The summed E-state index contributed by atoms with van der Waals surface area (Å²) in [4.78, 5) is 16.0. The maximum absolute atomic E-state index is 11.9. The Balaban J connectivity index is 2.02. The van der Waals surface area contributed by atoms with E-state index in [0.29, 0.717) is 16.8 Å². The zero-order chi connectivity index (χ0) is 13.1. The fourth-order valence-corrected chi connectivity index (χ4v) is 1.97. The zero-order valence-corrected chi connectivity index (χ0v) is 11.7. The average molecular weight is 309 g/mol. The first-order valence-corrected chi connectivity index (χ1v) is 6.25. The molecule has 0 saturated carbocycles. The van der Waals surface area contributed by atoms with E-state index in [2.05, 4.69) is 31.3 Å². The number of nitrogens with one attached hydrogen (secondary N) is 1. The number of aryl methyl sites for hydroxylation is 2. The van der Waals surface area contributed by atoms with Crippen molar-refractivity contribution in [3.05, 3.63) is 46.0 Å². The Morgan fingerprint density at radius 3 is 2.89 bits per heavy atom. The summed E-state index contributed by atoms with van der Waals surface area (Å²) in [7, 11) is 1.86. The quantitative estimate of drug-likeness (QED) is 0.880. The number of carbonyl (C=O) groups excluding carboxylic acids is 1. The molecule has 0 bridgehead atoms. The van der Waals surface area contributed by atoms with Gasteiger partial charge in [0.2, 0.25) is 0 Å². The summed E-state index contributed by atoms with van der Waals surface area (Å²) in [6, 6.07) is 5.24. The molecule has 0 atom stereocenters. The molecule has 1 N–H and O–H groups in total. The standard InChI is InChI=1S/C12H13BrN4O/c1-8-9(7-17(2)16-8)6-14-12(18)10-4-3-5-11(13)15-10/h3-5,7H,6H2,1-2H3,(H,14,18). The molecule has 0 spiro atoms. The summed E-state index contributed by atoms with van der Waals surface area (Å²) in [5.74, 6) is -0.195. The van der Waals surface area contributed by atoms with Gasteiger partial charge in [-0.15, -0.1) is 0 Å². The fourth-order valence-electron chi connectivity index (χ4n) is 1.62. The molecular weight excluding hydrogens is 296 g/mol. The fraction of sp³-hybridized carbons (Fsp3) is 0.250. The Labute approximate surface area is 113 Å². The van der Waals surface area contributed by atoms with E-state index in [1.54, 1.807) is 22.9 Å². The van der Waals surface area contributed by atoms with Gasteiger partial charge in [0.25, 0.3) is 5.91 Å². The maximum atomic E-state index is 11.9. The molecule has 5 nitrogen and oxygen atoms in total. The molecule has 0 aliphatic rings. The van der Waals surface area contributed by atoms with Gasteiger partial charge in [-0.3, -0.25) is 9.48 Å². The monoisotopic (exact) mass is 308 g/mol. The maximum Gasteiger partial charge on any atom is 0.270 e. The van der Waals surface area contributed by atoms with Gasteiger partial charge in [0.15, 0.2) is 0 Å². The Morgan fingerprint density at radius 2 is 2.28 bits per heavy atom. The molecule has 2 aromatic rings. The van der Waals surface area contributed by atoms with Gasteiger partial charge in [-0.1, -0.05) is 6.07 Å². The highest BCUT2D eigenvalue weighted by Gasteiger charge is 2.09. The second-order valence-electron chi connectivity index (χ2n) is 3.94. The molecular formula is C12H13BrN4O. The van der Waals surface area contributed by atoms with Crippen molar-refractivity contribution < 1.29 is 4.79 Å². The van der Waals surface area contributed by atoms with Crippen molar-refractivity contribution in [1.82, 2.24) is 20.1 Å². The molecule has 0 saturated heterocycles. The van der Waals surface area contributed by atoms with Crippen LogP contribution in [0.25, 0.3) is 0 Å². The molecule has 0 aromatic carbocycles. The van der Waals surface area contributed by atoms with Crippen LogP contribution >= 0.6 is 15.9 Å². The van der Waals surface area contributed by atoms with E-state index in [1.165, 1.54) is 0 Å². The van der Waals surface area contributed by atoms with Crippen LogP contribution in [0.3, 0.4) is 0 Å². The largest absolute Gasteiger partial charge is 0.346 e. The van der Waals surface area contributed by atoms with E-state index in [4.69, 9.17) is 0 Å². The number of halogens is 1. The second kappa shape index (κ2) is 5.30. The van der Waals surface area contributed by atoms with Gasteiger partial charge in [0.05, 0.1) is 5.69 Å². The molecule has 2 rings (SSSR count). The number of carbonyl (C=O) groups is 1. The van der Waals surface area contributed by atoms with Crippen LogP contribution in [0, 0.1) is 6.92 Å². The highest BCUT2D eigenvalue weighted by atomic mass is 79.9. The third-order valence-electron chi connectivity index (χ3n) is 2.50. The molecule has 6 heteroatoms. The lowest BCUT2D eigenvalue weighted by molar-refractivity contribution is 0.0945. The minimum absolute atomic E-state index is 0.195.